The van der Waals surface area contributed by atoms with Gasteiger partial charge in [-0.25, -0.2) is 0 Å². The molecule has 0 bridgehead atoms. The standard InChI is InChI=1S/C24H22N2/c25-19-24(20-10-4-1-5-11-20,21-12-6-2-7-13-21)22-16-17-26(18-22)23-14-8-3-9-15-23/h1-15,22H,16-18H2. The number of nitriles is 1. The summed E-state index contributed by atoms with van der Waals surface area (Å²) in [6.45, 7) is 1.87. The average molecular weight is 338 g/mol. The molecular weight excluding hydrogens is 316 g/mol. The molecule has 0 saturated carbocycles. The minimum absolute atomic E-state index is 0.248. The van der Waals surface area contributed by atoms with Gasteiger partial charge >= 0.3 is 0 Å². The zero-order chi connectivity index (χ0) is 17.8. The molecule has 4 rings (SSSR count). The summed E-state index contributed by atoms with van der Waals surface area (Å²) in [4.78, 5) is 2.41. The first kappa shape index (κ1) is 16.4. The maximum Gasteiger partial charge on any atom is 0.112 e. The smallest absolute Gasteiger partial charge is 0.112 e. The molecule has 0 aliphatic carbocycles. The molecule has 1 atom stereocenters. The Morgan fingerprint density at radius 1 is 0.769 bits per heavy atom. The first-order valence-electron chi connectivity index (χ1n) is 9.17. The van der Waals surface area contributed by atoms with E-state index >= 15 is 0 Å². The van der Waals surface area contributed by atoms with Crippen LogP contribution in [0.2, 0.25) is 0 Å². The van der Waals surface area contributed by atoms with Crippen LogP contribution in [0.3, 0.4) is 0 Å². The predicted molar refractivity (Wildman–Crippen MR) is 106 cm³/mol. The van der Waals surface area contributed by atoms with Gasteiger partial charge in [-0.3, -0.25) is 0 Å². The van der Waals surface area contributed by atoms with Crippen LogP contribution in [0.4, 0.5) is 5.69 Å². The van der Waals surface area contributed by atoms with Gasteiger partial charge in [0.2, 0.25) is 0 Å². The maximum absolute atomic E-state index is 10.4. The Balaban J connectivity index is 1.76. The largest absolute Gasteiger partial charge is 0.371 e. The van der Waals surface area contributed by atoms with Crippen molar-refractivity contribution in [2.45, 2.75) is 11.8 Å². The third kappa shape index (κ3) is 2.76. The number of anilines is 1. The monoisotopic (exact) mass is 338 g/mol. The molecule has 1 unspecified atom stereocenters. The Morgan fingerprint density at radius 3 is 1.77 bits per heavy atom. The van der Waals surface area contributed by atoms with Crippen LogP contribution in [0.5, 0.6) is 0 Å². The van der Waals surface area contributed by atoms with Crippen LogP contribution in [0.25, 0.3) is 0 Å². The van der Waals surface area contributed by atoms with Gasteiger partial charge in [-0.15, -0.1) is 0 Å². The summed E-state index contributed by atoms with van der Waals surface area (Å²) >= 11 is 0. The third-order valence-electron chi connectivity index (χ3n) is 5.56. The number of hydrogen-bond donors (Lipinski definition) is 0. The zero-order valence-corrected chi connectivity index (χ0v) is 14.8. The molecule has 1 aliphatic heterocycles. The average Bonchev–Trinajstić information content (AvgIpc) is 3.22. The highest BCUT2D eigenvalue weighted by Gasteiger charge is 2.45. The van der Waals surface area contributed by atoms with Gasteiger partial charge in [-0.05, 0) is 29.7 Å². The second kappa shape index (κ2) is 7.06. The van der Waals surface area contributed by atoms with Gasteiger partial charge < -0.3 is 4.90 Å². The Bertz CT molecular complexity index is 842. The highest BCUT2D eigenvalue weighted by Crippen LogP contribution is 2.43. The highest BCUT2D eigenvalue weighted by atomic mass is 15.2. The van der Waals surface area contributed by atoms with Crippen molar-refractivity contribution in [2.24, 2.45) is 5.92 Å². The summed E-state index contributed by atoms with van der Waals surface area (Å²) in [6, 6.07) is 33.8. The molecule has 2 heteroatoms. The molecule has 2 nitrogen and oxygen atoms in total. The van der Waals surface area contributed by atoms with Crippen LogP contribution >= 0.6 is 0 Å². The van der Waals surface area contributed by atoms with Crippen LogP contribution in [0.1, 0.15) is 17.5 Å². The second-order valence-corrected chi connectivity index (χ2v) is 6.92. The number of para-hydroxylation sites is 1. The van der Waals surface area contributed by atoms with E-state index in [2.05, 4.69) is 59.5 Å². The van der Waals surface area contributed by atoms with Gasteiger partial charge in [-0.2, -0.15) is 5.26 Å². The second-order valence-electron chi connectivity index (χ2n) is 6.92. The van der Waals surface area contributed by atoms with Crippen molar-refractivity contribution in [3.05, 3.63) is 102 Å². The van der Waals surface area contributed by atoms with Crippen molar-refractivity contribution in [2.75, 3.05) is 18.0 Å². The van der Waals surface area contributed by atoms with E-state index in [0.29, 0.717) is 0 Å². The van der Waals surface area contributed by atoms with Gasteiger partial charge in [0.1, 0.15) is 5.41 Å². The molecule has 1 aliphatic rings. The zero-order valence-electron chi connectivity index (χ0n) is 14.8. The first-order chi connectivity index (χ1) is 12.8. The quantitative estimate of drug-likeness (QED) is 0.667. The highest BCUT2D eigenvalue weighted by molar-refractivity contribution is 5.51. The Labute approximate surface area is 155 Å². The van der Waals surface area contributed by atoms with Crippen molar-refractivity contribution in [1.82, 2.24) is 0 Å². The first-order valence-corrected chi connectivity index (χ1v) is 9.17. The lowest BCUT2D eigenvalue weighted by Crippen LogP contribution is -2.37. The Hall–Kier alpha value is -3.05. The normalized spacial score (nSPS) is 17.0. The lowest BCUT2D eigenvalue weighted by atomic mass is 9.66. The fourth-order valence-electron chi connectivity index (χ4n) is 4.25. The number of nitrogens with zero attached hydrogens (tertiary/aromatic N) is 2. The summed E-state index contributed by atoms with van der Waals surface area (Å²) in [6.07, 6.45) is 1.01. The Kier molecular flexibility index (Phi) is 4.46. The van der Waals surface area contributed by atoms with E-state index in [0.717, 1.165) is 30.6 Å². The number of hydrogen-bond acceptors (Lipinski definition) is 2. The molecule has 26 heavy (non-hydrogen) atoms. The van der Waals surface area contributed by atoms with Gasteiger partial charge in [0, 0.05) is 24.7 Å². The molecule has 1 fully saturated rings. The molecule has 0 aromatic heterocycles. The van der Waals surface area contributed by atoms with Crippen LogP contribution in [0.15, 0.2) is 91.0 Å². The van der Waals surface area contributed by atoms with E-state index in [4.69, 9.17) is 0 Å². The van der Waals surface area contributed by atoms with Gasteiger partial charge in [0.15, 0.2) is 0 Å². The molecule has 1 saturated heterocycles. The maximum atomic E-state index is 10.4. The van der Waals surface area contributed by atoms with Crippen molar-refractivity contribution < 1.29 is 0 Å². The minimum atomic E-state index is -0.619. The molecule has 3 aromatic rings. The van der Waals surface area contributed by atoms with Gasteiger partial charge in [-0.1, -0.05) is 78.9 Å². The molecule has 0 amide bonds. The topological polar surface area (TPSA) is 27.0 Å². The lowest BCUT2D eigenvalue weighted by Gasteiger charge is -2.34. The van der Waals surface area contributed by atoms with Crippen LogP contribution in [0, 0.1) is 17.2 Å². The van der Waals surface area contributed by atoms with E-state index in [1.54, 1.807) is 0 Å². The van der Waals surface area contributed by atoms with Gasteiger partial charge in [0.05, 0.1) is 6.07 Å². The summed E-state index contributed by atoms with van der Waals surface area (Å²) in [7, 11) is 0. The fraction of sp³-hybridized carbons (Fsp3) is 0.208. The van der Waals surface area contributed by atoms with Crippen LogP contribution in [-0.4, -0.2) is 13.1 Å². The Morgan fingerprint density at radius 2 is 1.27 bits per heavy atom. The summed E-state index contributed by atoms with van der Waals surface area (Å²) < 4.78 is 0. The van der Waals surface area contributed by atoms with E-state index in [1.165, 1.54) is 5.69 Å². The van der Waals surface area contributed by atoms with Crippen molar-refractivity contribution in [1.29, 1.82) is 5.26 Å². The van der Waals surface area contributed by atoms with Crippen molar-refractivity contribution in [3.8, 4) is 6.07 Å². The number of rotatable bonds is 4. The van der Waals surface area contributed by atoms with Crippen LogP contribution in [-0.2, 0) is 5.41 Å². The van der Waals surface area contributed by atoms with E-state index in [9.17, 15) is 5.26 Å². The molecule has 0 radical (unpaired) electrons. The summed E-state index contributed by atoms with van der Waals surface area (Å²) in [5, 5.41) is 10.4. The van der Waals surface area contributed by atoms with E-state index in [-0.39, 0.29) is 5.92 Å². The number of benzene rings is 3. The molecular formula is C24H22N2. The summed E-state index contributed by atoms with van der Waals surface area (Å²) in [5.74, 6) is 0.248. The molecule has 3 aromatic carbocycles. The van der Waals surface area contributed by atoms with E-state index in [1.807, 2.05) is 42.5 Å². The lowest BCUT2D eigenvalue weighted by molar-refractivity contribution is 0.429. The van der Waals surface area contributed by atoms with Gasteiger partial charge in [0.25, 0.3) is 0 Å². The fourth-order valence-corrected chi connectivity index (χ4v) is 4.25. The third-order valence-corrected chi connectivity index (χ3v) is 5.56. The van der Waals surface area contributed by atoms with Crippen molar-refractivity contribution in [3.63, 3.8) is 0 Å². The molecule has 1 heterocycles. The van der Waals surface area contributed by atoms with Crippen molar-refractivity contribution >= 4 is 5.69 Å². The molecule has 0 N–H and O–H groups in total. The van der Waals surface area contributed by atoms with Crippen LogP contribution < -0.4 is 4.90 Å². The predicted octanol–water partition coefficient (Wildman–Crippen LogP) is 5.02. The SMILES string of the molecule is N#CC(c1ccccc1)(c1ccccc1)C1CCN(c2ccccc2)C1. The molecule has 0 spiro atoms. The molecule has 128 valence electrons. The van der Waals surface area contributed by atoms with E-state index < -0.39 is 5.41 Å². The minimum Gasteiger partial charge on any atom is -0.371 e. The summed E-state index contributed by atoms with van der Waals surface area (Å²) in [5.41, 5.74) is 2.80.